The number of carboxylic acids is 1. The molecule has 1 fully saturated rings. The van der Waals surface area contributed by atoms with Gasteiger partial charge in [0.15, 0.2) is 47.1 Å². The number of nitrogens with zero attached hydrogens (tertiary/aromatic N) is 7. The Morgan fingerprint density at radius 3 is 2.69 bits per heavy atom. The number of ketones is 1. The number of aromatic amines is 1. The van der Waals surface area contributed by atoms with E-state index in [4.69, 9.17) is 10.6 Å². The molecule has 5 heterocycles. The maximum atomic E-state index is 13.7. The molecule has 4 aromatic rings. The van der Waals surface area contributed by atoms with Crippen molar-refractivity contribution in [2.24, 2.45) is 11.1 Å². The molecule has 6 N–H and O–H groups in total. The van der Waals surface area contributed by atoms with Gasteiger partial charge in [-0.2, -0.15) is 5.21 Å². The lowest BCUT2D eigenvalue weighted by molar-refractivity contribution is -0.688. The first-order chi connectivity index (χ1) is 21.7. The number of aromatic nitrogens is 6. The normalized spacial score (nSPS) is 18.7. The van der Waals surface area contributed by atoms with Crippen LogP contribution < -0.4 is 10.3 Å². The largest absolute Gasteiger partial charge is 0.504 e. The smallest absolute Gasteiger partial charge is 0.352 e. The number of amides is 1. The number of nitrogens with one attached hydrogen (secondary N) is 1. The summed E-state index contributed by atoms with van der Waals surface area (Å²) in [6.07, 6.45) is 1.80. The molecular weight excluding hydrogens is 626 g/mol. The molecule has 0 aliphatic carbocycles. The molecule has 2 aliphatic heterocycles. The van der Waals surface area contributed by atoms with Gasteiger partial charge in [-0.05, 0) is 17.3 Å². The van der Waals surface area contributed by atoms with Crippen LogP contribution in [-0.4, -0.2) is 80.3 Å². The summed E-state index contributed by atoms with van der Waals surface area (Å²) in [7, 11) is 0. The highest BCUT2D eigenvalue weighted by Gasteiger charge is 2.54. The van der Waals surface area contributed by atoms with Gasteiger partial charge >= 0.3 is 5.97 Å². The molecule has 1 amide bonds. The Labute approximate surface area is 261 Å². The molecule has 2 aliphatic rings. The first-order valence-corrected chi connectivity index (χ1v) is 15.2. The average Bonchev–Trinajstić information content (AvgIpc) is 3.72. The van der Waals surface area contributed by atoms with E-state index in [0.717, 1.165) is 29.0 Å². The van der Waals surface area contributed by atoms with Gasteiger partial charge in [0.1, 0.15) is 5.69 Å². The number of nitrogen functional groups attached to an aromatic ring is 1. The Morgan fingerprint density at radius 2 is 2.02 bits per heavy atom. The van der Waals surface area contributed by atoms with Crippen molar-refractivity contribution in [1.82, 2.24) is 30.5 Å². The molecule has 0 unspecified atom stereocenters. The fourth-order valence-electron chi connectivity index (χ4n) is 4.96. The molecule has 1 saturated heterocycles. The van der Waals surface area contributed by atoms with Crippen molar-refractivity contribution < 1.29 is 39.1 Å². The standard InChI is InChI=1S/C27H23N9O7S2/c28-27-29-16(12-45-27)20(32-43-22(26(41)42)13-4-5-17(37)18(38)8-13)19(39)9-15-24(40)36-21(23-30-33-34-31-23)14(11-44-25(15)36)10-35-6-2-1-3-7-35/h1-8,12,15,22,25H,9-11H2,(H5-,28,29,30,31,32,33,34,37,38,39,41,42)/p+1/t15-,22+,25-/m1/s1. The number of carbonyl (C=O) groups is 3. The van der Waals surface area contributed by atoms with E-state index < -0.39 is 40.6 Å². The van der Waals surface area contributed by atoms with Crippen molar-refractivity contribution in [3.8, 4) is 11.5 Å². The molecule has 0 saturated carbocycles. The number of thiazole rings is 1. The van der Waals surface area contributed by atoms with Crippen molar-refractivity contribution in [3.05, 3.63) is 76.8 Å². The number of phenols is 2. The van der Waals surface area contributed by atoms with Crippen molar-refractivity contribution in [2.45, 2.75) is 24.4 Å². The first kappa shape index (κ1) is 29.7. The zero-order chi connectivity index (χ0) is 31.7. The maximum Gasteiger partial charge on any atom is 0.352 e. The van der Waals surface area contributed by atoms with Crippen molar-refractivity contribution in [2.75, 3.05) is 11.5 Å². The number of β-lactam (4-membered cyclic amide) rings is 1. The summed E-state index contributed by atoms with van der Waals surface area (Å²) in [4.78, 5) is 50.2. The number of pyridine rings is 1. The monoisotopic (exact) mass is 650 g/mol. The van der Waals surface area contributed by atoms with Crippen LogP contribution in [0.15, 0.2) is 64.9 Å². The van der Waals surface area contributed by atoms with E-state index >= 15 is 0 Å². The summed E-state index contributed by atoms with van der Waals surface area (Å²) >= 11 is 2.54. The maximum absolute atomic E-state index is 13.7. The fourth-order valence-corrected chi connectivity index (χ4v) is 6.92. The average molecular weight is 651 g/mol. The highest BCUT2D eigenvalue weighted by molar-refractivity contribution is 8.00. The van der Waals surface area contributed by atoms with E-state index in [2.05, 4.69) is 30.8 Å². The number of aliphatic carboxylic acids is 1. The lowest BCUT2D eigenvalue weighted by Gasteiger charge is -2.49. The Hall–Kier alpha value is -5.36. The van der Waals surface area contributed by atoms with Crippen LogP contribution in [0.25, 0.3) is 5.70 Å². The van der Waals surface area contributed by atoms with Crippen molar-refractivity contribution in [3.63, 3.8) is 0 Å². The summed E-state index contributed by atoms with van der Waals surface area (Å²) in [5, 5.41) is 48.6. The molecule has 1 aromatic carbocycles. The summed E-state index contributed by atoms with van der Waals surface area (Å²) in [5.41, 5.74) is 6.91. The lowest BCUT2D eigenvalue weighted by atomic mass is 9.89. The number of H-pyrrole nitrogens is 1. The molecule has 16 nitrogen and oxygen atoms in total. The van der Waals surface area contributed by atoms with E-state index in [0.29, 0.717) is 18.0 Å². The summed E-state index contributed by atoms with van der Waals surface area (Å²) in [6.45, 7) is 0.487. The van der Waals surface area contributed by atoms with Gasteiger partial charge < -0.3 is 25.9 Å². The minimum atomic E-state index is -1.74. The van der Waals surface area contributed by atoms with E-state index in [1.54, 1.807) is 4.90 Å². The van der Waals surface area contributed by atoms with Gasteiger partial charge in [-0.15, -0.1) is 33.3 Å². The van der Waals surface area contributed by atoms with Crippen molar-refractivity contribution in [1.29, 1.82) is 0 Å². The molecule has 230 valence electrons. The third-order valence-corrected chi connectivity index (χ3v) is 9.15. The second-order valence-electron chi connectivity index (χ2n) is 9.96. The number of aromatic hydroxyl groups is 2. The number of carboxylic acid groups (broad SMARTS) is 1. The Bertz CT molecular complexity index is 1830. The summed E-state index contributed by atoms with van der Waals surface area (Å²) < 4.78 is 1.97. The molecule has 0 bridgehead atoms. The minimum absolute atomic E-state index is 0.0418. The second-order valence-corrected chi connectivity index (χ2v) is 12.0. The van der Waals surface area contributed by atoms with Crippen LogP contribution in [0.2, 0.25) is 0 Å². The van der Waals surface area contributed by atoms with Gasteiger partial charge in [-0.3, -0.25) is 14.5 Å². The summed E-state index contributed by atoms with van der Waals surface area (Å²) in [5.74, 6) is -3.36. The first-order valence-electron chi connectivity index (χ1n) is 13.3. The minimum Gasteiger partial charge on any atom is -0.504 e. The molecule has 3 atom stereocenters. The Balaban J connectivity index is 1.25. The molecule has 0 radical (unpaired) electrons. The Kier molecular flexibility index (Phi) is 8.14. The number of nitrogens with two attached hydrogens (primary N) is 1. The van der Waals surface area contributed by atoms with Gasteiger partial charge in [0.2, 0.25) is 17.8 Å². The second kappa shape index (κ2) is 12.3. The number of hydrogen-bond acceptors (Lipinski definition) is 14. The topological polar surface area (TPSA) is 234 Å². The van der Waals surface area contributed by atoms with Gasteiger partial charge in [0.05, 0.1) is 17.0 Å². The van der Waals surface area contributed by atoms with Crippen LogP contribution in [0.5, 0.6) is 11.5 Å². The van der Waals surface area contributed by atoms with E-state index in [-0.39, 0.29) is 40.3 Å². The number of hydrogen-bond donors (Lipinski definition) is 5. The van der Waals surface area contributed by atoms with E-state index in [1.165, 1.54) is 23.2 Å². The highest BCUT2D eigenvalue weighted by atomic mass is 32.2. The number of thioether (sulfide) groups is 1. The van der Waals surface area contributed by atoms with Gasteiger partial charge in [0.25, 0.3) is 0 Å². The number of benzene rings is 1. The van der Waals surface area contributed by atoms with E-state index in [1.807, 2.05) is 35.2 Å². The van der Waals surface area contributed by atoms with E-state index in [9.17, 15) is 29.7 Å². The third kappa shape index (κ3) is 5.92. The van der Waals surface area contributed by atoms with Crippen LogP contribution in [-0.2, 0) is 25.8 Å². The van der Waals surface area contributed by atoms with Crippen LogP contribution in [0, 0.1) is 5.92 Å². The lowest BCUT2D eigenvalue weighted by Crippen LogP contribution is -2.61. The number of anilines is 1. The highest BCUT2D eigenvalue weighted by Crippen LogP contribution is 2.47. The van der Waals surface area contributed by atoms with Gasteiger partial charge in [-0.25, -0.2) is 14.3 Å². The molecule has 3 aromatic heterocycles. The van der Waals surface area contributed by atoms with Gasteiger partial charge in [-0.1, -0.05) is 17.3 Å². The predicted molar refractivity (Wildman–Crippen MR) is 158 cm³/mol. The summed E-state index contributed by atoms with van der Waals surface area (Å²) in [6, 6.07) is 9.03. The fraction of sp³-hybridized carbons (Fsp3) is 0.222. The Morgan fingerprint density at radius 1 is 1.22 bits per heavy atom. The van der Waals surface area contributed by atoms with Crippen LogP contribution >= 0.6 is 23.1 Å². The number of Topliss-reactive ketones (excluding diaryl/α,β-unsaturated/α-hetero) is 1. The molecule has 45 heavy (non-hydrogen) atoms. The molecule has 6 rings (SSSR count). The van der Waals surface area contributed by atoms with Crippen LogP contribution in [0.1, 0.15) is 29.6 Å². The number of rotatable bonds is 11. The molecular formula is C27H24N9O7S2+. The van der Waals surface area contributed by atoms with Crippen LogP contribution in [0.4, 0.5) is 5.13 Å². The quantitative estimate of drug-likeness (QED) is 0.0503. The SMILES string of the molecule is Nc1nc(/C(=N/O[C@H](C(=O)O)c2ccc(O)c(O)c2)C(=O)C[C@@H]2C(=O)N3C(c4nn[nH]n4)=C(C[n+]4ccccc4)CS[C@H]23)cs1. The molecule has 18 heteroatoms. The number of tetrazole rings is 1. The number of phenolic OH excluding ortho intramolecular Hbond substituents is 2. The molecule has 0 spiro atoms. The zero-order valence-electron chi connectivity index (χ0n) is 23.0. The van der Waals surface area contributed by atoms with Gasteiger partial charge in [0, 0.05) is 40.8 Å². The number of carbonyl (C=O) groups excluding carboxylic acids is 2. The van der Waals surface area contributed by atoms with Crippen molar-refractivity contribution >= 4 is 57.3 Å². The third-order valence-electron chi connectivity index (χ3n) is 7.08. The zero-order valence-corrected chi connectivity index (χ0v) is 24.7. The predicted octanol–water partition coefficient (Wildman–Crippen LogP) is 1.09. The van der Waals surface area contributed by atoms with Crippen LogP contribution in [0.3, 0.4) is 0 Å². The number of fused-ring (bicyclic) bond motifs is 1. The number of oxime groups is 1.